The van der Waals surface area contributed by atoms with Crippen LogP contribution in [0.3, 0.4) is 0 Å². The topological polar surface area (TPSA) is 53.9 Å². The van der Waals surface area contributed by atoms with Gasteiger partial charge in [0.15, 0.2) is 0 Å². The Morgan fingerprint density at radius 1 is 1.35 bits per heavy atom. The number of nitrogens with zero attached hydrogens (tertiary/aromatic N) is 2. The molecule has 0 aliphatic heterocycles. The van der Waals surface area contributed by atoms with Crippen LogP contribution in [0.1, 0.15) is 27.7 Å². The van der Waals surface area contributed by atoms with E-state index in [2.05, 4.69) is 10.3 Å². The Labute approximate surface area is 120 Å². The van der Waals surface area contributed by atoms with E-state index in [4.69, 9.17) is 4.74 Å². The lowest BCUT2D eigenvalue weighted by atomic mass is 10.2. The molecule has 110 valence electrons. The Bertz CT molecular complexity index is 467. The van der Waals surface area contributed by atoms with E-state index in [0.717, 1.165) is 11.5 Å². The number of carbonyl (C=O) groups excluding carboxylic acids is 1. The van der Waals surface area contributed by atoms with Crippen molar-refractivity contribution in [2.75, 3.05) is 23.9 Å². The van der Waals surface area contributed by atoms with Gasteiger partial charge in [-0.3, -0.25) is 10.3 Å². The standard InChI is InChI=1S/C15H23N3O2/c1-6-20-15(19)17-13-7-9-14(10-8-13)18(5)12(4)16-11(2)3/h7-11H,6H2,1-5H3,(H,17,19). The van der Waals surface area contributed by atoms with E-state index in [0.29, 0.717) is 12.3 Å². The molecule has 1 aromatic rings. The zero-order chi connectivity index (χ0) is 15.1. The molecule has 0 aromatic heterocycles. The van der Waals surface area contributed by atoms with Crippen LogP contribution in [0.25, 0.3) is 0 Å². The third kappa shape index (κ3) is 4.91. The van der Waals surface area contributed by atoms with Crippen LogP contribution in [0.5, 0.6) is 0 Å². The Balaban J connectivity index is 2.73. The van der Waals surface area contributed by atoms with Gasteiger partial charge in [-0.05, 0) is 52.0 Å². The number of amides is 1. The molecule has 0 heterocycles. The fourth-order valence-corrected chi connectivity index (χ4v) is 1.70. The number of carbonyl (C=O) groups is 1. The summed E-state index contributed by atoms with van der Waals surface area (Å²) >= 11 is 0. The van der Waals surface area contributed by atoms with Gasteiger partial charge in [0, 0.05) is 24.5 Å². The number of ether oxygens (including phenoxy) is 1. The quantitative estimate of drug-likeness (QED) is 0.676. The monoisotopic (exact) mass is 277 g/mol. The molecule has 0 spiro atoms. The van der Waals surface area contributed by atoms with Gasteiger partial charge in [0.1, 0.15) is 5.84 Å². The highest BCUT2D eigenvalue weighted by atomic mass is 16.5. The van der Waals surface area contributed by atoms with Crippen molar-refractivity contribution in [3.8, 4) is 0 Å². The molecule has 5 heteroatoms. The molecule has 0 saturated carbocycles. The largest absolute Gasteiger partial charge is 0.450 e. The first-order valence-electron chi connectivity index (χ1n) is 6.76. The summed E-state index contributed by atoms with van der Waals surface area (Å²) in [5.41, 5.74) is 1.72. The van der Waals surface area contributed by atoms with E-state index < -0.39 is 6.09 Å². The molecule has 0 fully saturated rings. The van der Waals surface area contributed by atoms with Crippen LogP contribution in [0.15, 0.2) is 29.3 Å². The molecule has 0 atom stereocenters. The van der Waals surface area contributed by atoms with E-state index in [1.165, 1.54) is 0 Å². The van der Waals surface area contributed by atoms with Crippen LogP contribution in [0.4, 0.5) is 16.2 Å². The highest BCUT2D eigenvalue weighted by Gasteiger charge is 2.06. The molecule has 0 aliphatic carbocycles. The van der Waals surface area contributed by atoms with Crippen molar-refractivity contribution in [3.63, 3.8) is 0 Å². The minimum Gasteiger partial charge on any atom is -0.450 e. The van der Waals surface area contributed by atoms with Crippen LogP contribution < -0.4 is 10.2 Å². The minimum atomic E-state index is -0.439. The van der Waals surface area contributed by atoms with Gasteiger partial charge in [-0.1, -0.05) is 0 Å². The van der Waals surface area contributed by atoms with Gasteiger partial charge in [-0.2, -0.15) is 0 Å². The molecule has 0 saturated heterocycles. The molecular formula is C15H23N3O2. The first-order valence-corrected chi connectivity index (χ1v) is 6.76. The maximum atomic E-state index is 11.3. The Kier molecular flexibility index (Phi) is 6.03. The summed E-state index contributed by atoms with van der Waals surface area (Å²) in [5.74, 6) is 0.950. The molecule has 1 rings (SSSR count). The molecule has 0 bridgehead atoms. The number of amidine groups is 1. The Morgan fingerprint density at radius 2 is 1.95 bits per heavy atom. The summed E-state index contributed by atoms with van der Waals surface area (Å²) in [5, 5.41) is 2.66. The number of benzene rings is 1. The van der Waals surface area contributed by atoms with E-state index in [1.807, 2.05) is 57.0 Å². The number of aliphatic imine (C=N–C) groups is 1. The fourth-order valence-electron chi connectivity index (χ4n) is 1.70. The maximum absolute atomic E-state index is 11.3. The minimum absolute atomic E-state index is 0.266. The van der Waals surface area contributed by atoms with Gasteiger partial charge < -0.3 is 9.64 Å². The average molecular weight is 277 g/mol. The van der Waals surface area contributed by atoms with E-state index in [-0.39, 0.29) is 6.04 Å². The second-order valence-electron chi connectivity index (χ2n) is 4.72. The van der Waals surface area contributed by atoms with Crippen molar-refractivity contribution in [2.24, 2.45) is 4.99 Å². The van der Waals surface area contributed by atoms with Crippen molar-refractivity contribution >= 4 is 23.3 Å². The highest BCUT2D eigenvalue weighted by Crippen LogP contribution is 2.17. The summed E-state index contributed by atoms with van der Waals surface area (Å²) in [6.45, 7) is 8.20. The second kappa shape index (κ2) is 7.53. The van der Waals surface area contributed by atoms with E-state index >= 15 is 0 Å². The van der Waals surface area contributed by atoms with Crippen LogP contribution in [0.2, 0.25) is 0 Å². The smallest absolute Gasteiger partial charge is 0.411 e. The number of hydrogen-bond donors (Lipinski definition) is 1. The second-order valence-corrected chi connectivity index (χ2v) is 4.72. The molecular weight excluding hydrogens is 254 g/mol. The van der Waals surface area contributed by atoms with Crippen LogP contribution in [0, 0.1) is 0 Å². The summed E-state index contributed by atoms with van der Waals surface area (Å²) in [7, 11) is 1.97. The first-order chi connectivity index (χ1) is 9.43. The van der Waals surface area contributed by atoms with Gasteiger partial charge in [-0.15, -0.1) is 0 Å². The van der Waals surface area contributed by atoms with Crippen molar-refractivity contribution < 1.29 is 9.53 Å². The molecule has 0 unspecified atom stereocenters. The van der Waals surface area contributed by atoms with Crippen LogP contribution >= 0.6 is 0 Å². The predicted molar refractivity (Wildman–Crippen MR) is 83.7 cm³/mol. The van der Waals surface area contributed by atoms with Gasteiger partial charge in [0.25, 0.3) is 0 Å². The van der Waals surface area contributed by atoms with E-state index in [1.54, 1.807) is 6.92 Å². The summed E-state index contributed by atoms with van der Waals surface area (Å²) in [4.78, 5) is 17.8. The summed E-state index contributed by atoms with van der Waals surface area (Å²) in [6, 6.07) is 7.81. The van der Waals surface area contributed by atoms with Gasteiger partial charge in [-0.25, -0.2) is 4.79 Å². The van der Waals surface area contributed by atoms with Gasteiger partial charge in [0.2, 0.25) is 0 Å². The Hall–Kier alpha value is -2.04. The van der Waals surface area contributed by atoms with Crippen molar-refractivity contribution in [1.29, 1.82) is 0 Å². The molecule has 5 nitrogen and oxygen atoms in total. The zero-order valence-electron chi connectivity index (χ0n) is 12.8. The molecule has 20 heavy (non-hydrogen) atoms. The predicted octanol–water partition coefficient (Wildman–Crippen LogP) is 3.52. The summed E-state index contributed by atoms with van der Waals surface area (Å²) in [6.07, 6.45) is -0.439. The Morgan fingerprint density at radius 3 is 2.45 bits per heavy atom. The molecule has 1 aromatic carbocycles. The van der Waals surface area contributed by atoms with Crippen molar-refractivity contribution in [1.82, 2.24) is 0 Å². The third-order valence-corrected chi connectivity index (χ3v) is 2.71. The normalized spacial score (nSPS) is 11.4. The molecule has 1 N–H and O–H groups in total. The van der Waals surface area contributed by atoms with Crippen LogP contribution in [-0.4, -0.2) is 31.6 Å². The lowest BCUT2D eigenvalue weighted by Crippen LogP contribution is -2.24. The van der Waals surface area contributed by atoms with Crippen molar-refractivity contribution in [2.45, 2.75) is 33.7 Å². The van der Waals surface area contributed by atoms with Gasteiger partial charge >= 0.3 is 6.09 Å². The number of hydrogen-bond acceptors (Lipinski definition) is 3. The SMILES string of the molecule is CCOC(=O)Nc1ccc(N(C)C(C)=NC(C)C)cc1. The number of rotatable bonds is 4. The zero-order valence-corrected chi connectivity index (χ0v) is 12.8. The highest BCUT2D eigenvalue weighted by molar-refractivity contribution is 5.96. The molecule has 0 radical (unpaired) electrons. The third-order valence-electron chi connectivity index (χ3n) is 2.71. The lowest BCUT2D eigenvalue weighted by molar-refractivity contribution is 0.168. The van der Waals surface area contributed by atoms with Crippen LogP contribution in [-0.2, 0) is 4.74 Å². The number of nitrogens with one attached hydrogen (secondary N) is 1. The van der Waals surface area contributed by atoms with Gasteiger partial charge in [0.05, 0.1) is 6.61 Å². The lowest BCUT2D eigenvalue weighted by Gasteiger charge is -2.20. The first kappa shape index (κ1) is 16.0. The average Bonchev–Trinajstić information content (AvgIpc) is 2.38. The number of anilines is 2. The van der Waals surface area contributed by atoms with Crippen molar-refractivity contribution in [3.05, 3.63) is 24.3 Å². The summed E-state index contributed by atoms with van der Waals surface area (Å²) < 4.78 is 4.83. The molecule has 1 amide bonds. The maximum Gasteiger partial charge on any atom is 0.411 e. The van der Waals surface area contributed by atoms with E-state index in [9.17, 15) is 4.79 Å². The molecule has 0 aliphatic rings. The fraction of sp³-hybridized carbons (Fsp3) is 0.467.